The van der Waals surface area contributed by atoms with Gasteiger partial charge in [-0.2, -0.15) is 0 Å². The van der Waals surface area contributed by atoms with Crippen LogP contribution >= 0.6 is 0 Å². The van der Waals surface area contributed by atoms with Gasteiger partial charge in [0.2, 0.25) is 0 Å². The monoisotopic (exact) mass is 192 g/mol. The molecule has 2 nitrogen and oxygen atoms in total. The maximum absolute atomic E-state index is 11.0. The van der Waals surface area contributed by atoms with Crippen LogP contribution < -0.4 is 0 Å². The van der Waals surface area contributed by atoms with Crippen molar-refractivity contribution in [3.63, 3.8) is 0 Å². The summed E-state index contributed by atoms with van der Waals surface area (Å²) in [6.07, 6.45) is 3.00. The Labute approximate surface area is 76.3 Å². The van der Waals surface area contributed by atoms with E-state index in [0.29, 0.717) is 11.7 Å². The SMILES string of the molecule is CCS(=O)(=O)CCCCC(C)C. The molecule has 0 radical (unpaired) electrons. The molecular weight excluding hydrogens is 172 g/mol. The van der Waals surface area contributed by atoms with Gasteiger partial charge in [-0.05, 0) is 12.3 Å². The lowest BCUT2D eigenvalue weighted by Gasteiger charge is -2.03. The van der Waals surface area contributed by atoms with E-state index < -0.39 is 9.84 Å². The minimum atomic E-state index is -2.72. The van der Waals surface area contributed by atoms with E-state index in [2.05, 4.69) is 13.8 Å². The molecule has 0 rings (SSSR count). The predicted octanol–water partition coefficient (Wildman–Crippen LogP) is 2.25. The fourth-order valence-electron chi connectivity index (χ4n) is 1.02. The molecule has 0 unspecified atom stereocenters. The maximum atomic E-state index is 11.0. The van der Waals surface area contributed by atoms with Crippen LogP contribution in [0, 0.1) is 5.92 Å². The van der Waals surface area contributed by atoms with Crippen molar-refractivity contribution >= 4 is 9.84 Å². The second-order valence-electron chi connectivity index (χ2n) is 3.63. The van der Waals surface area contributed by atoms with E-state index in [1.807, 2.05) is 0 Å². The molecule has 0 saturated carbocycles. The highest BCUT2D eigenvalue weighted by atomic mass is 32.2. The average Bonchev–Trinajstić information content (AvgIpc) is 1.98. The summed E-state index contributed by atoms with van der Waals surface area (Å²) in [5, 5.41) is 0. The molecule has 0 bridgehead atoms. The van der Waals surface area contributed by atoms with Gasteiger partial charge in [0.25, 0.3) is 0 Å². The second kappa shape index (κ2) is 5.57. The van der Waals surface area contributed by atoms with Crippen LogP contribution in [0.25, 0.3) is 0 Å². The molecule has 0 aliphatic carbocycles. The molecule has 74 valence electrons. The minimum absolute atomic E-state index is 0.286. The predicted molar refractivity (Wildman–Crippen MR) is 53.0 cm³/mol. The average molecular weight is 192 g/mol. The van der Waals surface area contributed by atoms with E-state index >= 15 is 0 Å². The summed E-state index contributed by atoms with van der Waals surface area (Å²) < 4.78 is 22.1. The van der Waals surface area contributed by atoms with Crippen molar-refractivity contribution in [3.05, 3.63) is 0 Å². The summed E-state index contributed by atoms with van der Waals surface area (Å²) in [5.41, 5.74) is 0. The Kier molecular flexibility index (Phi) is 5.55. The lowest BCUT2D eigenvalue weighted by molar-refractivity contribution is 0.543. The van der Waals surface area contributed by atoms with Crippen LogP contribution in [0.2, 0.25) is 0 Å². The Hall–Kier alpha value is -0.0500. The van der Waals surface area contributed by atoms with Crippen LogP contribution in [-0.4, -0.2) is 19.9 Å². The van der Waals surface area contributed by atoms with Crippen LogP contribution in [0.15, 0.2) is 0 Å². The molecule has 0 amide bonds. The molecule has 0 spiro atoms. The third-order valence-electron chi connectivity index (χ3n) is 1.93. The van der Waals surface area contributed by atoms with Gasteiger partial charge in [-0.25, -0.2) is 8.42 Å². The Morgan fingerprint density at radius 2 is 1.75 bits per heavy atom. The summed E-state index contributed by atoms with van der Waals surface area (Å²) >= 11 is 0. The first-order chi connectivity index (χ1) is 5.48. The summed E-state index contributed by atoms with van der Waals surface area (Å²) in [7, 11) is -2.72. The van der Waals surface area contributed by atoms with E-state index in [-0.39, 0.29) is 5.75 Å². The van der Waals surface area contributed by atoms with Gasteiger partial charge in [0.05, 0.1) is 5.75 Å². The zero-order valence-corrected chi connectivity index (χ0v) is 9.15. The lowest BCUT2D eigenvalue weighted by Crippen LogP contribution is -2.08. The van der Waals surface area contributed by atoms with Crippen LogP contribution in [0.5, 0.6) is 0 Å². The topological polar surface area (TPSA) is 34.1 Å². The molecule has 0 fully saturated rings. The molecule has 0 heterocycles. The van der Waals surface area contributed by atoms with Crippen LogP contribution in [0.4, 0.5) is 0 Å². The number of sulfone groups is 1. The molecule has 3 heteroatoms. The Bertz CT molecular complexity index is 193. The summed E-state index contributed by atoms with van der Waals surface area (Å²) in [5.74, 6) is 1.35. The molecule has 0 saturated heterocycles. The highest BCUT2D eigenvalue weighted by molar-refractivity contribution is 7.91. The normalized spacial score (nSPS) is 12.3. The molecule has 0 atom stereocenters. The van der Waals surface area contributed by atoms with E-state index in [1.165, 1.54) is 0 Å². The fraction of sp³-hybridized carbons (Fsp3) is 1.00. The standard InChI is InChI=1S/C9H20O2S/c1-4-12(10,11)8-6-5-7-9(2)3/h9H,4-8H2,1-3H3. The Morgan fingerprint density at radius 1 is 1.17 bits per heavy atom. The quantitative estimate of drug-likeness (QED) is 0.605. The Balaban J connectivity index is 3.45. The highest BCUT2D eigenvalue weighted by Gasteiger charge is 2.06. The maximum Gasteiger partial charge on any atom is 0.150 e. The van der Waals surface area contributed by atoms with Crippen molar-refractivity contribution in [1.82, 2.24) is 0 Å². The van der Waals surface area contributed by atoms with E-state index in [9.17, 15) is 8.42 Å². The van der Waals surface area contributed by atoms with Gasteiger partial charge < -0.3 is 0 Å². The van der Waals surface area contributed by atoms with Crippen molar-refractivity contribution in [3.8, 4) is 0 Å². The van der Waals surface area contributed by atoms with Crippen LogP contribution in [0.1, 0.15) is 40.0 Å². The van der Waals surface area contributed by atoms with Gasteiger partial charge in [-0.1, -0.05) is 33.6 Å². The molecular formula is C9H20O2S. The number of rotatable bonds is 6. The van der Waals surface area contributed by atoms with Crippen molar-refractivity contribution in [2.75, 3.05) is 11.5 Å². The largest absolute Gasteiger partial charge is 0.229 e. The molecule has 0 aromatic heterocycles. The molecule has 12 heavy (non-hydrogen) atoms. The van der Waals surface area contributed by atoms with E-state index in [4.69, 9.17) is 0 Å². The summed E-state index contributed by atoms with van der Waals surface area (Å²) in [4.78, 5) is 0. The van der Waals surface area contributed by atoms with Gasteiger partial charge in [0.15, 0.2) is 0 Å². The molecule has 0 aliphatic heterocycles. The third kappa shape index (κ3) is 6.65. The van der Waals surface area contributed by atoms with Gasteiger partial charge in [0, 0.05) is 5.75 Å². The molecule has 0 aliphatic rings. The van der Waals surface area contributed by atoms with Gasteiger partial charge in [0.1, 0.15) is 9.84 Å². The van der Waals surface area contributed by atoms with Gasteiger partial charge in [-0.15, -0.1) is 0 Å². The number of hydrogen-bond donors (Lipinski definition) is 0. The molecule has 0 N–H and O–H groups in total. The van der Waals surface area contributed by atoms with Crippen LogP contribution in [0.3, 0.4) is 0 Å². The molecule has 0 aromatic rings. The number of unbranched alkanes of at least 4 members (excludes halogenated alkanes) is 1. The zero-order valence-electron chi connectivity index (χ0n) is 8.34. The number of hydrogen-bond acceptors (Lipinski definition) is 2. The highest BCUT2D eigenvalue weighted by Crippen LogP contribution is 2.07. The molecule has 0 aromatic carbocycles. The zero-order chi connectivity index (χ0) is 9.61. The van der Waals surface area contributed by atoms with E-state index in [0.717, 1.165) is 19.3 Å². The minimum Gasteiger partial charge on any atom is -0.229 e. The van der Waals surface area contributed by atoms with Crippen molar-refractivity contribution < 1.29 is 8.42 Å². The summed E-state index contributed by atoms with van der Waals surface area (Å²) in [6.45, 7) is 6.03. The summed E-state index contributed by atoms with van der Waals surface area (Å²) in [6, 6.07) is 0. The first-order valence-corrected chi connectivity index (χ1v) is 6.50. The fourth-order valence-corrected chi connectivity index (χ4v) is 1.95. The van der Waals surface area contributed by atoms with E-state index in [1.54, 1.807) is 6.92 Å². The first-order valence-electron chi connectivity index (χ1n) is 4.68. The van der Waals surface area contributed by atoms with Crippen molar-refractivity contribution in [1.29, 1.82) is 0 Å². The lowest BCUT2D eigenvalue weighted by atomic mass is 10.1. The van der Waals surface area contributed by atoms with Gasteiger partial charge in [-0.3, -0.25) is 0 Å². The van der Waals surface area contributed by atoms with Crippen molar-refractivity contribution in [2.24, 2.45) is 5.92 Å². The second-order valence-corrected chi connectivity index (χ2v) is 6.10. The third-order valence-corrected chi connectivity index (χ3v) is 3.72. The van der Waals surface area contributed by atoms with Crippen molar-refractivity contribution in [2.45, 2.75) is 40.0 Å². The first kappa shape index (κ1) is 11.9. The van der Waals surface area contributed by atoms with Crippen LogP contribution in [-0.2, 0) is 9.84 Å². The smallest absolute Gasteiger partial charge is 0.150 e. The Morgan fingerprint density at radius 3 is 2.17 bits per heavy atom. The van der Waals surface area contributed by atoms with Gasteiger partial charge >= 0.3 is 0 Å².